The molecule has 3 N–H and O–H groups in total. The van der Waals surface area contributed by atoms with Crippen LogP contribution >= 0.6 is 11.6 Å². The number of benzene rings is 1. The van der Waals surface area contributed by atoms with Gasteiger partial charge in [-0.3, -0.25) is 4.79 Å². The third kappa shape index (κ3) is 3.68. The van der Waals surface area contributed by atoms with Gasteiger partial charge in [-0.05, 0) is 37.6 Å². The first-order valence-electron chi connectivity index (χ1n) is 6.12. The standard InChI is InChI=1S/C13H15ClN2O3/c14-10-4-9(13(18)19)5-11(6-10)16-12(17)8-2-1-3-15-7-8/h4-6,8,15H,1-3,7H2,(H,16,17)(H,18,19)/t8-/m1/s1. The van der Waals surface area contributed by atoms with Gasteiger partial charge in [-0.1, -0.05) is 11.6 Å². The van der Waals surface area contributed by atoms with E-state index < -0.39 is 5.97 Å². The van der Waals surface area contributed by atoms with Gasteiger partial charge in [0, 0.05) is 17.3 Å². The molecular weight excluding hydrogens is 268 g/mol. The normalized spacial score (nSPS) is 18.9. The Balaban J connectivity index is 2.09. The summed E-state index contributed by atoms with van der Waals surface area (Å²) in [4.78, 5) is 22.9. The molecule has 0 bridgehead atoms. The number of hydrogen-bond donors (Lipinski definition) is 3. The van der Waals surface area contributed by atoms with Crippen LogP contribution in [0.1, 0.15) is 23.2 Å². The number of piperidine rings is 1. The Labute approximate surface area is 116 Å². The molecule has 0 spiro atoms. The topological polar surface area (TPSA) is 78.4 Å². The molecule has 1 heterocycles. The van der Waals surface area contributed by atoms with Crippen LogP contribution in [0, 0.1) is 5.92 Å². The number of hydrogen-bond acceptors (Lipinski definition) is 3. The van der Waals surface area contributed by atoms with Gasteiger partial charge in [0.15, 0.2) is 0 Å². The quantitative estimate of drug-likeness (QED) is 0.792. The third-order valence-corrected chi connectivity index (χ3v) is 3.30. The predicted octanol–water partition coefficient (Wildman–Crippen LogP) is 1.98. The molecular formula is C13H15ClN2O3. The summed E-state index contributed by atoms with van der Waals surface area (Å²) < 4.78 is 0. The van der Waals surface area contributed by atoms with Crippen LogP contribution in [0.15, 0.2) is 18.2 Å². The zero-order valence-corrected chi connectivity index (χ0v) is 11.0. The molecule has 1 aromatic rings. The molecule has 0 aliphatic carbocycles. The zero-order valence-electron chi connectivity index (χ0n) is 10.3. The first-order valence-corrected chi connectivity index (χ1v) is 6.49. The van der Waals surface area contributed by atoms with Crippen molar-refractivity contribution in [3.8, 4) is 0 Å². The number of carboxylic acids is 1. The molecule has 1 aliphatic rings. The van der Waals surface area contributed by atoms with Gasteiger partial charge in [-0.2, -0.15) is 0 Å². The molecule has 19 heavy (non-hydrogen) atoms. The lowest BCUT2D eigenvalue weighted by atomic mass is 9.99. The van der Waals surface area contributed by atoms with Crippen molar-refractivity contribution in [3.63, 3.8) is 0 Å². The number of carbonyl (C=O) groups is 2. The lowest BCUT2D eigenvalue weighted by Crippen LogP contribution is -2.37. The molecule has 1 amide bonds. The summed E-state index contributed by atoms with van der Waals surface area (Å²) in [5, 5.41) is 15.1. The van der Waals surface area contributed by atoms with Crippen molar-refractivity contribution in [3.05, 3.63) is 28.8 Å². The lowest BCUT2D eigenvalue weighted by Gasteiger charge is -2.22. The van der Waals surface area contributed by atoms with E-state index in [0.29, 0.717) is 12.2 Å². The minimum Gasteiger partial charge on any atom is -0.478 e. The zero-order chi connectivity index (χ0) is 13.8. The number of amides is 1. The van der Waals surface area contributed by atoms with Crippen LogP contribution < -0.4 is 10.6 Å². The Morgan fingerprint density at radius 1 is 1.37 bits per heavy atom. The second-order valence-corrected chi connectivity index (χ2v) is 5.00. The fourth-order valence-corrected chi connectivity index (χ4v) is 2.34. The highest BCUT2D eigenvalue weighted by atomic mass is 35.5. The highest BCUT2D eigenvalue weighted by Crippen LogP contribution is 2.21. The van der Waals surface area contributed by atoms with Crippen LogP contribution in [0.25, 0.3) is 0 Å². The maximum absolute atomic E-state index is 12.0. The molecule has 102 valence electrons. The van der Waals surface area contributed by atoms with Crippen LogP contribution in [-0.4, -0.2) is 30.1 Å². The Hall–Kier alpha value is -1.59. The largest absolute Gasteiger partial charge is 0.478 e. The fourth-order valence-electron chi connectivity index (χ4n) is 2.11. The molecule has 1 fully saturated rings. The van der Waals surface area contributed by atoms with Crippen LogP contribution in [0.4, 0.5) is 5.69 Å². The molecule has 0 unspecified atom stereocenters. The maximum atomic E-state index is 12.0. The molecule has 5 nitrogen and oxygen atoms in total. The molecule has 1 saturated heterocycles. The number of aromatic carboxylic acids is 1. The summed E-state index contributed by atoms with van der Waals surface area (Å²) in [6.07, 6.45) is 1.80. The number of carboxylic acid groups (broad SMARTS) is 1. The van der Waals surface area contributed by atoms with E-state index in [1.807, 2.05) is 0 Å². The summed E-state index contributed by atoms with van der Waals surface area (Å²) >= 11 is 5.84. The van der Waals surface area contributed by atoms with E-state index in [1.54, 1.807) is 6.07 Å². The number of nitrogens with one attached hydrogen (secondary N) is 2. The van der Waals surface area contributed by atoms with Crippen molar-refractivity contribution in [1.29, 1.82) is 0 Å². The van der Waals surface area contributed by atoms with E-state index in [9.17, 15) is 9.59 Å². The third-order valence-electron chi connectivity index (χ3n) is 3.08. The average Bonchev–Trinajstić information content (AvgIpc) is 2.39. The first-order chi connectivity index (χ1) is 9.06. The van der Waals surface area contributed by atoms with Crippen molar-refractivity contribution in [2.45, 2.75) is 12.8 Å². The highest BCUT2D eigenvalue weighted by molar-refractivity contribution is 6.31. The second-order valence-electron chi connectivity index (χ2n) is 4.57. The highest BCUT2D eigenvalue weighted by Gasteiger charge is 2.21. The van der Waals surface area contributed by atoms with Crippen LogP contribution in [0.2, 0.25) is 5.02 Å². The van der Waals surface area contributed by atoms with Crippen molar-refractivity contribution < 1.29 is 14.7 Å². The van der Waals surface area contributed by atoms with Crippen LogP contribution in [0.5, 0.6) is 0 Å². The molecule has 0 saturated carbocycles. The van der Waals surface area contributed by atoms with E-state index >= 15 is 0 Å². The van der Waals surface area contributed by atoms with Gasteiger partial charge < -0.3 is 15.7 Å². The molecule has 0 aromatic heterocycles. The molecule has 1 aromatic carbocycles. The van der Waals surface area contributed by atoms with Crippen molar-refractivity contribution in [2.75, 3.05) is 18.4 Å². The van der Waals surface area contributed by atoms with E-state index in [0.717, 1.165) is 19.4 Å². The molecule has 1 atom stereocenters. The Morgan fingerprint density at radius 2 is 2.16 bits per heavy atom. The number of rotatable bonds is 3. The second kappa shape index (κ2) is 6.04. The Bertz CT molecular complexity index is 499. The fraction of sp³-hybridized carbons (Fsp3) is 0.385. The minimum absolute atomic E-state index is 0.0598. The van der Waals surface area contributed by atoms with Crippen LogP contribution in [0.3, 0.4) is 0 Å². The van der Waals surface area contributed by atoms with Gasteiger partial charge in [0.1, 0.15) is 0 Å². The summed E-state index contributed by atoms with van der Waals surface area (Å²) in [5.74, 6) is -1.26. The number of halogens is 1. The van der Waals surface area contributed by atoms with E-state index in [-0.39, 0.29) is 22.4 Å². The summed E-state index contributed by atoms with van der Waals surface area (Å²) in [5.41, 5.74) is 0.477. The monoisotopic (exact) mass is 282 g/mol. The molecule has 2 rings (SSSR count). The number of anilines is 1. The Kier molecular flexibility index (Phi) is 4.39. The average molecular weight is 283 g/mol. The van der Waals surface area contributed by atoms with Crippen LogP contribution in [-0.2, 0) is 4.79 Å². The first kappa shape index (κ1) is 13.8. The van der Waals surface area contributed by atoms with Gasteiger partial charge in [0.2, 0.25) is 5.91 Å². The summed E-state index contributed by atoms with van der Waals surface area (Å²) in [6.45, 7) is 1.59. The SMILES string of the molecule is O=C(O)c1cc(Cl)cc(NC(=O)[C@@H]2CCCNC2)c1. The summed E-state index contributed by atoms with van der Waals surface area (Å²) in [7, 11) is 0. The van der Waals surface area contributed by atoms with Gasteiger partial charge in [0.05, 0.1) is 11.5 Å². The van der Waals surface area contributed by atoms with Gasteiger partial charge in [0.25, 0.3) is 0 Å². The molecule has 1 aliphatic heterocycles. The molecule has 6 heteroatoms. The van der Waals surface area contributed by atoms with E-state index in [1.165, 1.54) is 12.1 Å². The van der Waals surface area contributed by atoms with Crippen molar-refractivity contribution in [1.82, 2.24) is 5.32 Å². The predicted molar refractivity (Wildman–Crippen MR) is 72.6 cm³/mol. The maximum Gasteiger partial charge on any atom is 0.335 e. The van der Waals surface area contributed by atoms with Gasteiger partial charge in [-0.25, -0.2) is 4.79 Å². The Morgan fingerprint density at radius 3 is 2.79 bits per heavy atom. The van der Waals surface area contributed by atoms with Gasteiger partial charge in [-0.15, -0.1) is 0 Å². The number of carbonyl (C=O) groups excluding carboxylic acids is 1. The van der Waals surface area contributed by atoms with Gasteiger partial charge >= 0.3 is 5.97 Å². The molecule has 0 radical (unpaired) electrons. The minimum atomic E-state index is -1.07. The van der Waals surface area contributed by atoms with Crippen molar-refractivity contribution in [2.24, 2.45) is 5.92 Å². The van der Waals surface area contributed by atoms with E-state index in [2.05, 4.69) is 10.6 Å². The van der Waals surface area contributed by atoms with Crippen molar-refractivity contribution >= 4 is 29.2 Å². The smallest absolute Gasteiger partial charge is 0.335 e. The lowest BCUT2D eigenvalue weighted by molar-refractivity contribution is -0.120. The van der Waals surface area contributed by atoms with E-state index in [4.69, 9.17) is 16.7 Å². The summed E-state index contributed by atoms with van der Waals surface area (Å²) in [6, 6.07) is 4.30.